The van der Waals surface area contributed by atoms with E-state index >= 15 is 0 Å². The fourth-order valence-electron chi connectivity index (χ4n) is 3.23. The van der Waals surface area contributed by atoms with Crippen molar-refractivity contribution in [3.63, 3.8) is 0 Å². The Morgan fingerprint density at radius 2 is 1.60 bits per heavy atom. The summed E-state index contributed by atoms with van der Waals surface area (Å²) in [5.41, 5.74) is 0.784. The summed E-state index contributed by atoms with van der Waals surface area (Å²) in [5, 5.41) is -0.349. The third-order valence-electron chi connectivity index (χ3n) is 4.44. The van der Waals surface area contributed by atoms with Gasteiger partial charge >= 0.3 is 0 Å². The summed E-state index contributed by atoms with van der Waals surface area (Å²) < 4.78 is 19.3. The van der Waals surface area contributed by atoms with Gasteiger partial charge in [-0.2, -0.15) is 0 Å². The van der Waals surface area contributed by atoms with Crippen molar-refractivity contribution in [2.24, 2.45) is 0 Å². The smallest absolute Gasteiger partial charge is 0.234 e. The van der Waals surface area contributed by atoms with E-state index < -0.39 is 17.2 Å². The molecule has 126 valence electrons. The Kier molecular flexibility index (Phi) is 3.58. The summed E-state index contributed by atoms with van der Waals surface area (Å²) in [6, 6.07) is 13.1. The first-order valence-electron chi connectivity index (χ1n) is 7.92. The van der Waals surface area contributed by atoms with Gasteiger partial charge in [-0.3, -0.25) is 9.59 Å². The normalized spacial score (nSPS) is 21.0. The van der Waals surface area contributed by atoms with E-state index in [1.54, 1.807) is 30.3 Å². The maximum Gasteiger partial charge on any atom is 0.234 e. The third-order valence-corrected chi connectivity index (χ3v) is 6.02. The van der Waals surface area contributed by atoms with Crippen molar-refractivity contribution in [3.8, 4) is 0 Å². The van der Waals surface area contributed by atoms with Gasteiger partial charge in [0.25, 0.3) is 0 Å². The van der Waals surface area contributed by atoms with E-state index in [9.17, 15) is 14.0 Å². The minimum Gasteiger partial charge on any atom is -0.485 e. The van der Waals surface area contributed by atoms with Crippen molar-refractivity contribution in [2.75, 3.05) is 0 Å². The quantitative estimate of drug-likeness (QED) is 0.756. The molecule has 0 amide bonds. The van der Waals surface area contributed by atoms with E-state index in [-0.39, 0.29) is 11.1 Å². The predicted octanol–water partition coefficient (Wildman–Crippen LogP) is 4.27. The first-order chi connectivity index (χ1) is 11.9. The van der Waals surface area contributed by atoms with Crippen LogP contribution in [0, 0.1) is 5.82 Å². The number of hydrogen-bond donors (Lipinski definition) is 0. The first-order valence-corrected chi connectivity index (χ1v) is 8.80. The molecule has 0 radical (unpaired) electrons. The molecule has 25 heavy (non-hydrogen) atoms. The molecule has 0 saturated heterocycles. The zero-order valence-electron chi connectivity index (χ0n) is 13.7. The molecule has 0 saturated carbocycles. The lowest BCUT2D eigenvalue weighted by Crippen LogP contribution is -2.35. The molecule has 1 aliphatic carbocycles. The number of rotatable bonds is 2. The average molecular weight is 354 g/mol. The highest BCUT2D eigenvalue weighted by Crippen LogP contribution is 2.50. The van der Waals surface area contributed by atoms with Crippen LogP contribution in [-0.4, -0.2) is 22.4 Å². The molecule has 0 bridgehead atoms. The van der Waals surface area contributed by atoms with Gasteiger partial charge in [0.15, 0.2) is 0 Å². The van der Waals surface area contributed by atoms with Gasteiger partial charge in [0.1, 0.15) is 17.2 Å². The van der Waals surface area contributed by atoms with Crippen LogP contribution in [0.3, 0.4) is 0 Å². The van der Waals surface area contributed by atoms with E-state index in [1.165, 1.54) is 23.9 Å². The van der Waals surface area contributed by atoms with E-state index in [4.69, 9.17) is 4.74 Å². The van der Waals surface area contributed by atoms with Gasteiger partial charge in [-0.05, 0) is 38.1 Å². The number of Topliss-reactive ketones (excluding diaryl/α,β-unsaturated/α-hetero) is 2. The first kappa shape index (κ1) is 16.1. The molecule has 1 aliphatic heterocycles. The van der Waals surface area contributed by atoms with Gasteiger partial charge in [0, 0.05) is 16.0 Å². The Bertz CT molecular complexity index is 928. The number of hydrogen-bond acceptors (Lipinski definition) is 4. The summed E-state index contributed by atoms with van der Waals surface area (Å²) in [5.74, 6) is -0.840. The molecule has 3 nitrogen and oxygen atoms in total. The van der Waals surface area contributed by atoms with Crippen LogP contribution in [0.25, 0.3) is 5.76 Å². The Balaban J connectivity index is 1.82. The summed E-state index contributed by atoms with van der Waals surface area (Å²) >= 11 is 1.41. The largest absolute Gasteiger partial charge is 0.485 e. The zero-order chi connectivity index (χ0) is 17.8. The number of carbonyl (C=O) groups excluding carboxylic acids is 2. The van der Waals surface area contributed by atoms with E-state index in [1.807, 2.05) is 19.9 Å². The number of benzene rings is 2. The van der Waals surface area contributed by atoms with Crippen LogP contribution < -0.4 is 0 Å². The van der Waals surface area contributed by atoms with Crippen LogP contribution in [-0.2, 0) is 9.53 Å². The molecule has 1 atom stereocenters. The molecule has 0 spiro atoms. The molecule has 2 aromatic carbocycles. The van der Waals surface area contributed by atoms with Gasteiger partial charge < -0.3 is 4.74 Å². The summed E-state index contributed by atoms with van der Waals surface area (Å²) in [7, 11) is 0. The van der Waals surface area contributed by atoms with E-state index in [2.05, 4.69) is 0 Å². The Morgan fingerprint density at radius 1 is 0.960 bits per heavy atom. The van der Waals surface area contributed by atoms with Crippen LogP contribution >= 0.6 is 11.8 Å². The number of halogens is 1. The standard InChI is InChI=1S/C20H15FO3S/c1-20(2)19(25-12-9-7-11(21)8-10-12)15-17(23)16(22)13-5-3-4-6-14(13)18(15)24-20/h3-10,19H,1-2H3. The summed E-state index contributed by atoms with van der Waals surface area (Å²) in [6.45, 7) is 3.79. The Hall–Kier alpha value is -2.40. The highest BCUT2D eigenvalue weighted by Gasteiger charge is 2.51. The molecule has 2 aromatic rings. The van der Waals surface area contributed by atoms with Crippen molar-refractivity contribution in [1.82, 2.24) is 0 Å². The van der Waals surface area contributed by atoms with Gasteiger partial charge in [-0.25, -0.2) is 4.39 Å². The fourth-order valence-corrected chi connectivity index (χ4v) is 4.46. The number of ketones is 2. The molecule has 0 N–H and O–H groups in total. The molecular formula is C20H15FO3S. The Labute approximate surface area is 148 Å². The molecule has 1 heterocycles. The van der Waals surface area contributed by atoms with Crippen LogP contribution in [0.5, 0.6) is 0 Å². The molecule has 2 aliphatic rings. The predicted molar refractivity (Wildman–Crippen MR) is 93.9 cm³/mol. The molecular weight excluding hydrogens is 339 g/mol. The Morgan fingerprint density at radius 3 is 2.28 bits per heavy atom. The maximum absolute atomic E-state index is 13.2. The summed E-state index contributed by atoms with van der Waals surface area (Å²) in [6.07, 6.45) is 0. The van der Waals surface area contributed by atoms with Crippen molar-refractivity contribution < 1.29 is 18.7 Å². The van der Waals surface area contributed by atoms with E-state index in [0.29, 0.717) is 22.5 Å². The number of thioether (sulfide) groups is 1. The molecule has 5 heteroatoms. The number of carbonyl (C=O) groups is 2. The van der Waals surface area contributed by atoms with Crippen LogP contribution in [0.1, 0.15) is 29.8 Å². The highest BCUT2D eigenvalue weighted by atomic mass is 32.2. The summed E-state index contributed by atoms with van der Waals surface area (Å²) in [4.78, 5) is 26.1. The third kappa shape index (κ3) is 2.50. The monoisotopic (exact) mass is 354 g/mol. The van der Waals surface area contributed by atoms with Crippen molar-refractivity contribution in [1.29, 1.82) is 0 Å². The van der Waals surface area contributed by atoms with E-state index in [0.717, 1.165) is 4.90 Å². The van der Waals surface area contributed by atoms with Crippen LogP contribution in [0.4, 0.5) is 4.39 Å². The second-order valence-electron chi connectivity index (χ2n) is 6.60. The van der Waals surface area contributed by atoms with Gasteiger partial charge in [0.05, 0.1) is 10.8 Å². The topological polar surface area (TPSA) is 43.4 Å². The molecule has 1 unspecified atom stereocenters. The minimum absolute atomic E-state index is 0.316. The molecule has 4 rings (SSSR count). The minimum atomic E-state index is -0.670. The molecule has 0 fully saturated rings. The lowest BCUT2D eigenvalue weighted by Gasteiger charge is -2.27. The van der Waals surface area contributed by atoms with Gasteiger partial charge in [0.2, 0.25) is 11.6 Å². The lowest BCUT2D eigenvalue weighted by atomic mass is 9.86. The lowest BCUT2D eigenvalue weighted by molar-refractivity contribution is -0.112. The van der Waals surface area contributed by atoms with Crippen molar-refractivity contribution in [3.05, 3.63) is 71.0 Å². The van der Waals surface area contributed by atoms with Crippen molar-refractivity contribution in [2.45, 2.75) is 29.6 Å². The van der Waals surface area contributed by atoms with Crippen LogP contribution in [0.2, 0.25) is 0 Å². The average Bonchev–Trinajstić information content (AvgIpc) is 2.86. The van der Waals surface area contributed by atoms with Crippen molar-refractivity contribution >= 4 is 29.1 Å². The second kappa shape index (κ2) is 5.56. The zero-order valence-corrected chi connectivity index (χ0v) is 14.5. The van der Waals surface area contributed by atoms with Crippen LogP contribution in [0.15, 0.2) is 59.0 Å². The number of ether oxygens (including phenoxy) is 1. The van der Waals surface area contributed by atoms with Gasteiger partial charge in [-0.15, -0.1) is 11.8 Å². The number of fused-ring (bicyclic) bond motifs is 2. The molecule has 0 aromatic heterocycles. The maximum atomic E-state index is 13.2. The fraction of sp³-hybridized carbons (Fsp3) is 0.200. The van der Waals surface area contributed by atoms with Gasteiger partial charge in [-0.1, -0.05) is 24.3 Å². The SMILES string of the molecule is CC1(C)OC2=C(C(=O)C(=O)c3ccccc32)C1Sc1ccc(F)cc1. The highest BCUT2D eigenvalue weighted by molar-refractivity contribution is 8.00. The second-order valence-corrected chi connectivity index (χ2v) is 7.78.